The van der Waals surface area contributed by atoms with Gasteiger partial charge in [0.2, 0.25) is 0 Å². The number of thiophene rings is 1. The second-order valence-corrected chi connectivity index (χ2v) is 11.9. The maximum Gasteiger partial charge on any atom is 0.490 e. The number of fused-ring (bicyclic) bond motifs is 3. The highest BCUT2D eigenvalue weighted by atomic mass is 32.1. The molecule has 2 aliphatic rings. The number of rotatable bonds is 6. The van der Waals surface area contributed by atoms with Crippen LogP contribution in [0.25, 0.3) is 21.0 Å². The summed E-state index contributed by atoms with van der Waals surface area (Å²) in [6.07, 6.45) is -9.22. The van der Waals surface area contributed by atoms with Gasteiger partial charge in [-0.25, -0.2) is 9.59 Å². The van der Waals surface area contributed by atoms with Gasteiger partial charge in [0.15, 0.2) is 5.75 Å². The number of aromatic nitrogens is 1. The highest BCUT2D eigenvalue weighted by Crippen LogP contribution is 2.40. The number of carbonyl (C=O) groups excluding carboxylic acids is 1. The number of amides is 1. The highest BCUT2D eigenvalue weighted by molar-refractivity contribution is 7.22. The summed E-state index contributed by atoms with van der Waals surface area (Å²) in [5.74, 6) is -5.16. The first-order chi connectivity index (χ1) is 22.3. The first-order valence-electron chi connectivity index (χ1n) is 14.4. The predicted molar refractivity (Wildman–Crippen MR) is 163 cm³/mol. The number of morpholine rings is 1. The molecular weight excluding hydrogens is 678 g/mol. The predicted octanol–water partition coefficient (Wildman–Crippen LogP) is 3.51. The lowest BCUT2D eigenvalue weighted by Crippen LogP contribution is -2.39. The molecule has 0 radical (unpaired) electrons. The first-order valence-corrected chi connectivity index (χ1v) is 15.2. The van der Waals surface area contributed by atoms with E-state index < -0.39 is 24.3 Å². The van der Waals surface area contributed by atoms with E-state index in [9.17, 15) is 35.9 Å². The Morgan fingerprint density at radius 2 is 1.56 bits per heavy atom. The minimum Gasteiger partial charge on any atom is -0.490 e. The van der Waals surface area contributed by atoms with Crippen LogP contribution in [0.5, 0.6) is 5.75 Å². The molecule has 19 heteroatoms. The Labute approximate surface area is 273 Å². The average Bonchev–Trinajstić information content (AvgIpc) is 3.63. The summed E-state index contributed by atoms with van der Waals surface area (Å²) in [5.41, 5.74) is 0.722. The maximum atomic E-state index is 13.7. The number of halogens is 6. The van der Waals surface area contributed by atoms with E-state index in [0.29, 0.717) is 22.6 Å². The zero-order valence-electron chi connectivity index (χ0n) is 26.1. The van der Waals surface area contributed by atoms with Crippen molar-refractivity contribution in [2.24, 2.45) is 7.05 Å². The summed E-state index contributed by atoms with van der Waals surface area (Å²) in [7, 11) is 5.72. The van der Waals surface area contributed by atoms with Crippen LogP contribution in [0, 0.1) is 0 Å². The number of carboxylic acid groups (broad SMARTS) is 2. The number of hydrogen-bond donors (Lipinski definition) is 2. The Morgan fingerprint density at radius 3 is 2.08 bits per heavy atom. The Morgan fingerprint density at radius 1 is 1.00 bits per heavy atom. The first kappa shape index (κ1) is 38.5. The van der Waals surface area contributed by atoms with Gasteiger partial charge in [-0.05, 0) is 26.1 Å². The molecule has 48 heavy (non-hydrogen) atoms. The quantitative estimate of drug-likeness (QED) is 0.365. The summed E-state index contributed by atoms with van der Waals surface area (Å²) < 4.78 is 77.7. The van der Waals surface area contributed by atoms with Gasteiger partial charge >= 0.3 is 24.3 Å². The molecule has 2 aromatic heterocycles. The molecule has 1 amide bonds. The molecule has 12 nitrogen and oxygen atoms in total. The number of carbonyl (C=O) groups is 3. The van der Waals surface area contributed by atoms with Gasteiger partial charge in [-0.3, -0.25) is 14.5 Å². The second kappa shape index (κ2) is 16.0. The normalized spacial score (nSPS) is 17.3. The lowest BCUT2D eigenvalue weighted by Gasteiger charge is -2.26. The van der Waals surface area contributed by atoms with E-state index in [4.69, 9.17) is 29.3 Å². The Kier molecular flexibility index (Phi) is 12.8. The smallest absolute Gasteiger partial charge is 0.490 e. The number of likely N-dealkylation sites (N-methyl/N-ethyl adjacent to an activating group) is 2. The van der Waals surface area contributed by atoms with Crippen molar-refractivity contribution >= 4 is 50.2 Å². The molecule has 4 heterocycles. The molecule has 2 fully saturated rings. The van der Waals surface area contributed by atoms with Crippen molar-refractivity contribution in [3.05, 3.63) is 39.5 Å². The van der Waals surface area contributed by atoms with E-state index >= 15 is 0 Å². The number of aliphatic carboxylic acids is 2. The zero-order valence-corrected chi connectivity index (χ0v) is 26.9. The molecule has 2 N–H and O–H groups in total. The van der Waals surface area contributed by atoms with Crippen molar-refractivity contribution in [3.63, 3.8) is 0 Å². The number of para-hydroxylation sites is 1. The molecule has 0 spiro atoms. The third kappa shape index (κ3) is 9.57. The van der Waals surface area contributed by atoms with Gasteiger partial charge in [0.25, 0.3) is 11.5 Å². The number of carboxylic acids is 2. The lowest BCUT2D eigenvalue weighted by atomic mass is 10.1. The van der Waals surface area contributed by atoms with E-state index in [1.165, 1.54) is 11.3 Å². The third-order valence-electron chi connectivity index (χ3n) is 7.56. The van der Waals surface area contributed by atoms with Crippen LogP contribution in [0.1, 0.15) is 16.1 Å². The number of ether oxygens (including phenoxy) is 2. The topological polar surface area (TPSA) is 142 Å². The maximum absolute atomic E-state index is 13.7. The number of pyridine rings is 1. The van der Waals surface area contributed by atoms with Crippen LogP contribution in [0.3, 0.4) is 0 Å². The molecule has 2 aliphatic heterocycles. The summed E-state index contributed by atoms with van der Waals surface area (Å²) in [5, 5.41) is 15.7. The van der Waals surface area contributed by atoms with E-state index in [2.05, 4.69) is 16.8 Å². The van der Waals surface area contributed by atoms with E-state index in [1.54, 1.807) is 11.6 Å². The molecule has 1 atom stereocenters. The fourth-order valence-corrected chi connectivity index (χ4v) is 6.22. The number of hydrogen-bond acceptors (Lipinski definition) is 9. The SMILES string of the molecule is CN1CCC(N(C)C(=O)c2sc3c(c2OCCN2CCOCC2)c(=O)n(C)c2ccccc32)C1.O=C(O)C(F)(F)F.O=C(O)C(F)(F)F. The summed E-state index contributed by atoms with van der Waals surface area (Å²) >= 11 is 1.38. The molecular formula is C29H34F6N4O8S. The molecule has 0 aliphatic carbocycles. The number of likely N-dealkylation sites (tertiary alicyclic amines) is 1. The van der Waals surface area contributed by atoms with Crippen molar-refractivity contribution in [2.45, 2.75) is 24.8 Å². The van der Waals surface area contributed by atoms with Crippen molar-refractivity contribution in [3.8, 4) is 5.75 Å². The van der Waals surface area contributed by atoms with Crippen molar-refractivity contribution in [1.82, 2.24) is 19.3 Å². The Balaban J connectivity index is 0.000000376. The van der Waals surface area contributed by atoms with E-state index in [1.807, 2.05) is 36.2 Å². The molecule has 3 aromatic rings. The number of alkyl halides is 6. The minimum atomic E-state index is -5.08. The van der Waals surface area contributed by atoms with Crippen LogP contribution in [0.15, 0.2) is 29.1 Å². The van der Waals surface area contributed by atoms with Crippen molar-refractivity contribution in [1.29, 1.82) is 0 Å². The highest BCUT2D eigenvalue weighted by Gasteiger charge is 2.39. The third-order valence-corrected chi connectivity index (χ3v) is 8.76. The van der Waals surface area contributed by atoms with Crippen LogP contribution in [0.2, 0.25) is 0 Å². The van der Waals surface area contributed by atoms with Crippen LogP contribution in [-0.4, -0.2) is 132 Å². The van der Waals surface area contributed by atoms with Crippen LogP contribution in [-0.2, 0) is 21.4 Å². The van der Waals surface area contributed by atoms with Crippen LogP contribution < -0.4 is 10.3 Å². The van der Waals surface area contributed by atoms with Gasteiger partial charge in [0.05, 0.1) is 23.4 Å². The molecule has 0 bridgehead atoms. The van der Waals surface area contributed by atoms with Gasteiger partial charge in [-0.1, -0.05) is 18.2 Å². The minimum absolute atomic E-state index is 0.0750. The van der Waals surface area contributed by atoms with Crippen molar-refractivity contribution < 1.29 is 60.4 Å². The van der Waals surface area contributed by atoms with Crippen molar-refractivity contribution in [2.75, 3.05) is 66.6 Å². The lowest BCUT2D eigenvalue weighted by molar-refractivity contribution is -0.193. The molecule has 0 saturated carbocycles. The summed E-state index contributed by atoms with van der Waals surface area (Å²) in [6, 6.07) is 8.00. The second-order valence-electron chi connectivity index (χ2n) is 10.9. The molecule has 1 aromatic carbocycles. The Hall–Kier alpha value is -3.94. The number of benzene rings is 1. The Bertz CT molecular complexity index is 1650. The number of aryl methyl sites for hydroxylation is 1. The van der Waals surface area contributed by atoms with Gasteiger partial charge in [0.1, 0.15) is 16.9 Å². The largest absolute Gasteiger partial charge is 0.490 e. The van der Waals surface area contributed by atoms with Gasteiger partial charge in [-0.15, -0.1) is 11.3 Å². The fraction of sp³-hybridized carbons (Fsp3) is 0.517. The van der Waals surface area contributed by atoms with Crippen LogP contribution >= 0.6 is 11.3 Å². The van der Waals surface area contributed by atoms with Gasteiger partial charge in [0, 0.05) is 51.7 Å². The monoisotopic (exact) mass is 712 g/mol. The van der Waals surface area contributed by atoms with E-state index in [-0.39, 0.29) is 17.5 Å². The zero-order chi connectivity index (χ0) is 36.0. The molecule has 5 rings (SSSR count). The standard InChI is InChI=1S/C25H32N4O4S.2C2HF3O2/c1-26-9-8-17(16-26)27(2)25(31)23-21(33-15-12-29-10-13-32-14-11-29)20-22(34-23)18-6-4-5-7-19(18)28(3)24(20)30;2*3-2(4,5)1(6)7/h4-7,17H,8-16H2,1-3H3;2*(H,6,7). The van der Waals surface area contributed by atoms with E-state index in [0.717, 1.165) is 68.0 Å². The van der Waals surface area contributed by atoms with Crippen LogP contribution in [0.4, 0.5) is 26.3 Å². The molecule has 266 valence electrons. The molecule has 1 unspecified atom stereocenters. The summed E-state index contributed by atoms with van der Waals surface area (Å²) in [6.45, 7) is 6.14. The molecule has 2 saturated heterocycles. The van der Waals surface area contributed by atoms with Gasteiger partial charge in [-0.2, -0.15) is 26.3 Å². The van der Waals surface area contributed by atoms with Gasteiger partial charge < -0.3 is 34.1 Å². The summed E-state index contributed by atoms with van der Waals surface area (Å²) in [4.78, 5) is 51.9. The number of nitrogens with zero attached hydrogens (tertiary/aromatic N) is 4. The fourth-order valence-electron chi connectivity index (χ4n) is 4.97. The average molecular weight is 713 g/mol.